The van der Waals surface area contributed by atoms with E-state index in [4.69, 9.17) is 14.2 Å². The summed E-state index contributed by atoms with van der Waals surface area (Å²) in [5.74, 6) is 0.987. The third-order valence-electron chi connectivity index (χ3n) is 3.37. The van der Waals surface area contributed by atoms with Crippen LogP contribution in [0.25, 0.3) is 0 Å². The maximum Gasteiger partial charge on any atom is 0.271 e. The first kappa shape index (κ1) is 18.8. The van der Waals surface area contributed by atoms with Gasteiger partial charge in [-0.2, -0.15) is 5.10 Å². The number of unbranched alkanes of at least 4 members (excludes halogenated alkanes) is 4. The lowest BCUT2D eigenvalue weighted by Crippen LogP contribution is -2.17. The van der Waals surface area contributed by atoms with Crippen molar-refractivity contribution in [2.24, 2.45) is 5.10 Å². The van der Waals surface area contributed by atoms with E-state index in [1.807, 2.05) is 0 Å². The summed E-state index contributed by atoms with van der Waals surface area (Å²) in [7, 11) is 4.53. The number of methoxy groups -OCH3 is 3. The highest BCUT2D eigenvalue weighted by molar-refractivity contribution is 5.95. The van der Waals surface area contributed by atoms with Gasteiger partial charge in [-0.25, -0.2) is 5.43 Å². The van der Waals surface area contributed by atoms with Gasteiger partial charge in [0.1, 0.15) is 0 Å². The van der Waals surface area contributed by atoms with Crippen LogP contribution in [0.1, 0.15) is 49.4 Å². The predicted molar refractivity (Wildman–Crippen MR) is 90.8 cm³/mol. The summed E-state index contributed by atoms with van der Waals surface area (Å²) in [5.41, 5.74) is 2.90. The van der Waals surface area contributed by atoms with Gasteiger partial charge >= 0.3 is 0 Å². The van der Waals surface area contributed by atoms with Crippen molar-refractivity contribution in [2.75, 3.05) is 21.3 Å². The lowest BCUT2D eigenvalue weighted by atomic mass is 10.1. The number of carbonyl (C=O) groups is 1. The van der Waals surface area contributed by atoms with Crippen LogP contribution in [0.5, 0.6) is 17.2 Å². The smallest absolute Gasteiger partial charge is 0.271 e. The average Bonchev–Trinajstić information content (AvgIpc) is 2.59. The Morgan fingerprint density at radius 1 is 1.09 bits per heavy atom. The first-order chi connectivity index (χ1) is 11.2. The predicted octanol–water partition coefficient (Wildman–Crippen LogP) is 3.40. The molecule has 6 nitrogen and oxygen atoms in total. The molecule has 0 atom stereocenters. The summed E-state index contributed by atoms with van der Waals surface area (Å²) in [6.07, 6.45) is 7.28. The summed E-state index contributed by atoms with van der Waals surface area (Å²) >= 11 is 0. The number of hydrazone groups is 1. The van der Waals surface area contributed by atoms with Crippen molar-refractivity contribution in [1.82, 2.24) is 5.43 Å². The first-order valence-electron chi connectivity index (χ1n) is 7.79. The number of carbonyl (C=O) groups excluding carboxylic acids is 1. The van der Waals surface area contributed by atoms with Crippen molar-refractivity contribution in [3.63, 3.8) is 0 Å². The van der Waals surface area contributed by atoms with Crippen LogP contribution in [0.3, 0.4) is 0 Å². The third kappa shape index (κ3) is 5.81. The minimum atomic E-state index is -0.325. The molecular formula is C17H26N2O4. The molecule has 1 rings (SSSR count). The Kier molecular flexibility index (Phi) is 8.57. The summed E-state index contributed by atoms with van der Waals surface area (Å²) in [4.78, 5) is 12.1. The molecule has 0 radical (unpaired) electrons. The van der Waals surface area contributed by atoms with Crippen molar-refractivity contribution in [3.8, 4) is 17.2 Å². The number of rotatable bonds is 10. The van der Waals surface area contributed by atoms with Crippen molar-refractivity contribution >= 4 is 12.1 Å². The van der Waals surface area contributed by atoms with Crippen LogP contribution >= 0.6 is 0 Å². The Labute approximate surface area is 137 Å². The number of nitrogens with one attached hydrogen (secondary N) is 1. The van der Waals surface area contributed by atoms with Crippen LogP contribution in [0.15, 0.2) is 17.2 Å². The van der Waals surface area contributed by atoms with E-state index in [1.54, 1.807) is 18.3 Å². The maximum absolute atomic E-state index is 12.1. The zero-order valence-corrected chi connectivity index (χ0v) is 14.3. The highest BCUT2D eigenvalue weighted by atomic mass is 16.5. The van der Waals surface area contributed by atoms with Crippen molar-refractivity contribution in [1.29, 1.82) is 0 Å². The molecule has 6 heteroatoms. The van der Waals surface area contributed by atoms with Crippen LogP contribution < -0.4 is 19.6 Å². The highest BCUT2D eigenvalue weighted by Crippen LogP contribution is 2.38. The molecule has 0 unspecified atom stereocenters. The minimum absolute atomic E-state index is 0.325. The molecule has 1 aromatic carbocycles. The number of nitrogens with zero attached hydrogens (tertiary/aromatic N) is 1. The zero-order valence-electron chi connectivity index (χ0n) is 14.3. The Hall–Kier alpha value is -2.24. The first-order valence-corrected chi connectivity index (χ1v) is 7.79. The molecule has 0 bridgehead atoms. The number of amides is 1. The second-order valence-electron chi connectivity index (χ2n) is 5.02. The maximum atomic E-state index is 12.1. The van der Waals surface area contributed by atoms with Gasteiger partial charge in [-0.15, -0.1) is 0 Å². The van der Waals surface area contributed by atoms with Crippen molar-refractivity contribution in [3.05, 3.63) is 17.7 Å². The van der Waals surface area contributed by atoms with E-state index in [0.717, 1.165) is 12.8 Å². The van der Waals surface area contributed by atoms with E-state index in [0.29, 0.717) is 22.8 Å². The quantitative estimate of drug-likeness (QED) is 0.407. The molecule has 0 spiro atoms. The standard InChI is InChI=1S/C17H26N2O4/c1-5-6-7-8-9-10-18-19-17(20)13-11-14(21-2)16(23-4)15(12-13)22-3/h10-12H,5-9H2,1-4H3,(H,19,20). The third-order valence-corrected chi connectivity index (χ3v) is 3.37. The normalized spacial score (nSPS) is 10.6. The Morgan fingerprint density at radius 2 is 1.74 bits per heavy atom. The molecule has 0 aromatic heterocycles. The van der Waals surface area contributed by atoms with Crippen molar-refractivity contribution < 1.29 is 19.0 Å². The molecule has 0 aliphatic carbocycles. The Bertz CT molecular complexity index is 504. The fraction of sp³-hybridized carbons (Fsp3) is 0.529. The number of hydrogen-bond acceptors (Lipinski definition) is 5. The van der Waals surface area contributed by atoms with Crippen LogP contribution in [-0.2, 0) is 0 Å². The molecular weight excluding hydrogens is 296 g/mol. The lowest BCUT2D eigenvalue weighted by Gasteiger charge is -2.13. The Balaban J connectivity index is 2.67. The lowest BCUT2D eigenvalue weighted by molar-refractivity contribution is 0.0954. The van der Waals surface area contributed by atoms with Gasteiger partial charge in [0.2, 0.25) is 5.75 Å². The van der Waals surface area contributed by atoms with Crippen LogP contribution in [-0.4, -0.2) is 33.5 Å². The highest BCUT2D eigenvalue weighted by Gasteiger charge is 2.16. The average molecular weight is 322 g/mol. The monoisotopic (exact) mass is 322 g/mol. The topological polar surface area (TPSA) is 69.2 Å². The molecule has 0 fully saturated rings. The minimum Gasteiger partial charge on any atom is -0.493 e. The van der Waals surface area contributed by atoms with Gasteiger partial charge in [0.25, 0.3) is 5.91 Å². The summed E-state index contributed by atoms with van der Waals surface area (Å²) in [5, 5.41) is 3.96. The van der Waals surface area contributed by atoms with Crippen molar-refractivity contribution in [2.45, 2.75) is 39.0 Å². The molecule has 0 heterocycles. The fourth-order valence-electron chi connectivity index (χ4n) is 2.11. The van der Waals surface area contributed by atoms with E-state index in [2.05, 4.69) is 17.5 Å². The van der Waals surface area contributed by atoms with Crippen LogP contribution in [0.4, 0.5) is 0 Å². The Morgan fingerprint density at radius 3 is 2.26 bits per heavy atom. The van der Waals surface area contributed by atoms with E-state index in [-0.39, 0.29) is 5.91 Å². The van der Waals surface area contributed by atoms with Gasteiger partial charge in [-0.3, -0.25) is 4.79 Å². The van der Waals surface area contributed by atoms with E-state index >= 15 is 0 Å². The van der Waals surface area contributed by atoms with Gasteiger partial charge in [0.05, 0.1) is 21.3 Å². The summed E-state index contributed by atoms with van der Waals surface area (Å²) in [6, 6.07) is 3.18. The summed E-state index contributed by atoms with van der Waals surface area (Å²) < 4.78 is 15.7. The van der Waals surface area contributed by atoms with Gasteiger partial charge in [0.15, 0.2) is 11.5 Å². The number of ether oxygens (including phenoxy) is 3. The van der Waals surface area contributed by atoms with E-state index in [9.17, 15) is 4.79 Å². The van der Waals surface area contributed by atoms with Gasteiger partial charge in [-0.05, 0) is 25.0 Å². The zero-order chi connectivity index (χ0) is 17.1. The van der Waals surface area contributed by atoms with E-state index in [1.165, 1.54) is 40.6 Å². The largest absolute Gasteiger partial charge is 0.493 e. The van der Waals surface area contributed by atoms with E-state index < -0.39 is 0 Å². The molecule has 0 saturated heterocycles. The van der Waals surface area contributed by atoms with Gasteiger partial charge in [0, 0.05) is 11.8 Å². The molecule has 0 aliphatic heterocycles. The molecule has 1 N–H and O–H groups in total. The molecule has 0 aliphatic rings. The van der Waals surface area contributed by atoms with Gasteiger partial charge < -0.3 is 14.2 Å². The van der Waals surface area contributed by atoms with Crippen LogP contribution in [0, 0.1) is 0 Å². The van der Waals surface area contributed by atoms with Gasteiger partial charge in [-0.1, -0.05) is 26.2 Å². The molecule has 128 valence electrons. The molecule has 1 amide bonds. The second-order valence-corrected chi connectivity index (χ2v) is 5.02. The number of benzene rings is 1. The molecule has 23 heavy (non-hydrogen) atoms. The molecule has 1 aromatic rings. The van der Waals surface area contributed by atoms with Crippen LogP contribution in [0.2, 0.25) is 0 Å². The SMILES string of the molecule is CCCCCCC=NNC(=O)c1cc(OC)c(OC)c(OC)c1. The second kappa shape index (κ2) is 10.5. The molecule has 0 saturated carbocycles. The number of hydrogen-bond donors (Lipinski definition) is 1. The fourth-order valence-corrected chi connectivity index (χ4v) is 2.11. The summed E-state index contributed by atoms with van der Waals surface area (Å²) in [6.45, 7) is 2.17.